The minimum Gasteiger partial charge on any atom is -0.393 e. The molecule has 1 aromatic rings. The smallest absolute Gasteiger partial charge is 0.257 e. The Balaban J connectivity index is 2.13. The molecule has 5 nitrogen and oxygen atoms in total. The summed E-state index contributed by atoms with van der Waals surface area (Å²) in [7, 11) is 0. The van der Waals surface area contributed by atoms with Gasteiger partial charge in [0, 0.05) is 18.3 Å². The molecule has 1 aliphatic heterocycles. The average Bonchev–Trinajstić information content (AvgIpc) is 2.74. The molecule has 1 amide bonds. The van der Waals surface area contributed by atoms with Crippen LogP contribution in [-0.4, -0.2) is 44.8 Å². The fraction of sp³-hybridized carbons (Fsp3) is 0.692. The molecule has 2 N–H and O–H groups in total. The second-order valence-corrected chi connectivity index (χ2v) is 5.14. The van der Waals surface area contributed by atoms with Crippen molar-refractivity contribution in [1.82, 2.24) is 15.1 Å². The second-order valence-electron chi connectivity index (χ2n) is 5.14. The fourth-order valence-electron chi connectivity index (χ4n) is 2.63. The Morgan fingerprint density at radius 3 is 3.06 bits per heavy atom. The molecular formula is C13H21N3O2. The first kappa shape index (κ1) is 13.1. The van der Waals surface area contributed by atoms with Crippen molar-refractivity contribution in [3.63, 3.8) is 0 Å². The molecule has 0 saturated carbocycles. The first-order valence-corrected chi connectivity index (χ1v) is 6.58. The van der Waals surface area contributed by atoms with Gasteiger partial charge in [0.1, 0.15) is 0 Å². The molecule has 1 fully saturated rings. The number of piperidine rings is 1. The van der Waals surface area contributed by atoms with E-state index in [1.54, 1.807) is 13.1 Å². The van der Waals surface area contributed by atoms with E-state index in [2.05, 4.69) is 10.2 Å². The Morgan fingerprint density at radius 2 is 2.44 bits per heavy atom. The van der Waals surface area contributed by atoms with E-state index in [0.29, 0.717) is 12.0 Å². The van der Waals surface area contributed by atoms with Gasteiger partial charge in [0.15, 0.2) is 0 Å². The highest BCUT2D eigenvalue weighted by Crippen LogP contribution is 2.23. The molecule has 1 aliphatic rings. The van der Waals surface area contributed by atoms with Crippen molar-refractivity contribution in [2.75, 3.05) is 6.54 Å². The van der Waals surface area contributed by atoms with Crippen LogP contribution in [0, 0.1) is 6.92 Å². The summed E-state index contributed by atoms with van der Waals surface area (Å²) in [5.74, 6) is 0.0339. The molecule has 2 unspecified atom stereocenters. The molecule has 5 heteroatoms. The molecule has 2 atom stereocenters. The maximum atomic E-state index is 12.5. The van der Waals surface area contributed by atoms with Crippen molar-refractivity contribution in [3.8, 4) is 0 Å². The van der Waals surface area contributed by atoms with Crippen LogP contribution in [0.5, 0.6) is 0 Å². The molecule has 18 heavy (non-hydrogen) atoms. The SMILES string of the molecule is Cc1[nH]ncc1C(=O)N1CCCCC1CC(C)O. The molecule has 0 aliphatic carbocycles. The summed E-state index contributed by atoms with van der Waals surface area (Å²) in [4.78, 5) is 14.4. The van der Waals surface area contributed by atoms with Gasteiger partial charge in [-0.3, -0.25) is 9.89 Å². The van der Waals surface area contributed by atoms with Crippen LogP contribution >= 0.6 is 0 Å². The van der Waals surface area contributed by atoms with Gasteiger partial charge in [0.25, 0.3) is 5.91 Å². The van der Waals surface area contributed by atoms with Gasteiger partial charge in [-0.05, 0) is 39.5 Å². The third kappa shape index (κ3) is 2.72. The molecule has 0 aromatic carbocycles. The Kier molecular flexibility index (Phi) is 4.01. The molecule has 1 saturated heterocycles. The van der Waals surface area contributed by atoms with Gasteiger partial charge in [-0.15, -0.1) is 0 Å². The van der Waals surface area contributed by atoms with E-state index in [1.807, 2.05) is 11.8 Å². The molecule has 0 spiro atoms. The maximum Gasteiger partial charge on any atom is 0.257 e. The van der Waals surface area contributed by atoms with Crippen LogP contribution in [0.1, 0.15) is 48.7 Å². The number of hydrogen-bond acceptors (Lipinski definition) is 3. The van der Waals surface area contributed by atoms with Gasteiger partial charge >= 0.3 is 0 Å². The highest BCUT2D eigenvalue weighted by Gasteiger charge is 2.29. The lowest BCUT2D eigenvalue weighted by Gasteiger charge is -2.36. The number of hydrogen-bond donors (Lipinski definition) is 2. The number of nitrogens with zero attached hydrogens (tertiary/aromatic N) is 2. The topological polar surface area (TPSA) is 69.2 Å². The lowest BCUT2D eigenvalue weighted by molar-refractivity contribution is 0.0514. The van der Waals surface area contributed by atoms with Crippen LogP contribution in [0.3, 0.4) is 0 Å². The summed E-state index contributed by atoms with van der Waals surface area (Å²) in [5.41, 5.74) is 1.45. The molecule has 100 valence electrons. The van der Waals surface area contributed by atoms with E-state index < -0.39 is 0 Å². The Bertz CT molecular complexity index is 414. The van der Waals surface area contributed by atoms with Crippen molar-refractivity contribution < 1.29 is 9.90 Å². The number of likely N-dealkylation sites (tertiary alicyclic amines) is 1. The largest absolute Gasteiger partial charge is 0.393 e. The molecule has 2 rings (SSSR count). The van der Waals surface area contributed by atoms with Gasteiger partial charge in [-0.25, -0.2) is 0 Å². The number of nitrogens with one attached hydrogen (secondary N) is 1. The lowest BCUT2D eigenvalue weighted by atomic mass is 9.96. The zero-order chi connectivity index (χ0) is 13.1. The number of aliphatic hydroxyl groups excluding tert-OH is 1. The average molecular weight is 251 g/mol. The monoisotopic (exact) mass is 251 g/mol. The summed E-state index contributed by atoms with van der Waals surface area (Å²) in [6.07, 6.45) is 5.03. The first-order chi connectivity index (χ1) is 8.59. The van der Waals surface area contributed by atoms with Crippen LogP contribution in [-0.2, 0) is 0 Å². The molecule has 0 bridgehead atoms. The van der Waals surface area contributed by atoms with Crippen LogP contribution in [0.25, 0.3) is 0 Å². The Labute approximate surface area is 107 Å². The van der Waals surface area contributed by atoms with Gasteiger partial charge in [0.05, 0.1) is 17.9 Å². The predicted octanol–water partition coefficient (Wildman–Crippen LogP) is 1.48. The lowest BCUT2D eigenvalue weighted by Crippen LogP contribution is -2.45. The number of aromatic amines is 1. The van der Waals surface area contributed by atoms with Gasteiger partial charge in [-0.1, -0.05) is 0 Å². The van der Waals surface area contributed by atoms with E-state index in [4.69, 9.17) is 0 Å². The number of amides is 1. The van der Waals surface area contributed by atoms with Crippen LogP contribution < -0.4 is 0 Å². The molecule has 2 heterocycles. The number of carbonyl (C=O) groups is 1. The standard InChI is InChI=1S/C13H21N3O2/c1-9(17)7-11-5-3-4-6-16(11)13(18)12-8-14-15-10(12)2/h8-9,11,17H,3-7H2,1-2H3,(H,14,15). The van der Waals surface area contributed by atoms with Crippen molar-refractivity contribution in [2.45, 2.75) is 51.7 Å². The van der Waals surface area contributed by atoms with Crippen molar-refractivity contribution >= 4 is 5.91 Å². The second kappa shape index (κ2) is 5.52. The van der Waals surface area contributed by atoms with Crippen molar-refractivity contribution in [1.29, 1.82) is 0 Å². The number of aromatic nitrogens is 2. The van der Waals surface area contributed by atoms with Gasteiger partial charge < -0.3 is 10.0 Å². The summed E-state index contributed by atoms with van der Waals surface area (Å²) in [6.45, 7) is 4.41. The highest BCUT2D eigenvalue weighted by molar-refractivity contribution is 5.95. The summed E-state index contributed by atoms with van der Waals surface area (Å²) in [5, 5.41) is 16.2. The van der Waals surface area contributed by atoms with E-state index in [0.717, 1.165) is 31.5 Å². The number of H-pyrrole nitrogens is 1. The third-order valence-corrected chi connectivity index (χ3v) is 3.56. The maximum absolute atomic E-state index is 12.5. The number of carbonyl (C=O) groups excluding carboxylic acids is 1. The zero-order valence-corrected chi connectivity index (χ0v) is 11.0. The first-order valence-electron chi connectivity index (χ1n) is 6.58. The normalized spacial score (nSPS) is 21.9. The summed E-state index contributed by atoms with van der Waals surface area (Å²) >= 11 is 0. The number of aliphatic hydroxyl groups is 1. The molecule has 0 radical (unpaired) electrons. The fourth-order valence-corrected chi connectivity index (χ4v) is 2.63. The summed E-state index contributed by atoms with van der Waals surface area (Å²) in [6, 6.07) is 0.153. The zero-order valence-electron chi connectivity index (χ0n) is 11.0. The minimum absolute atomic E-state index is 0.0339. The Morgan fingerprint density at radius 1 is 1.67 bits per heavy atom. The highest BCUT2D eigenvalue weighted by atomic mass is 16.3. The predicted molar refractivity (Wildman–Crippen MR) is 68.3 cm³/mol. The number of aryl methyl sites for hydroxylation is 1. The van der Waals surface area contributed by atoms with E-state index >= 15 is 0 Å². The third-order valence-electron chi connectivity index (χ3n) is 3.56. The van der Waals surface area contributed by atoms with Crippen molar-refractivity contribution in [3.05, 3.63) is 17.5 Å². The van der Waals surface area contributed by atoms with Crippen LogP contribution in [0.15, 0.2) is 6.20 Å². The summed E-state index contributed by atoms with van der Waals surface area (Å²) < 4.78 is 0. The van der Waals surface area contributed by atoms with Crippen LogP contribution in [0.4, 0.5) is 0 Å². The van der Waals surface area contributed by atoms with Gasteiger partial charge in [-0.2, -0.15) is 5.10 Å². The van der Waals surface area contributed by atoms with E-state index in [9.17, 15) is 9.90 Å². The van der Waals surface area contributed by atoms with E-state index in [1.165, 1.54) is 0 Å². The van der Waals surface area contributed by atoms with Crippen molar-refractivity contribution in [2.24, 2.45) is 0 Å². The number of rotatable bonds is 3. The quantitative estimate of drug-likeness (QED) is 0.855. The molecule has 1 aromatic heterocycles. The molecular weight excluding hydrogens is 230 g/mol. The van der Waals surface area contributed by atoms with E-state index in [-0.39, 0.29) is 18.1 Å². The Hall–Kier alpha value is -1.36. The minimum atomic E-state index is -0.367. The van der Waals surface area contributed by atoms with Gasteiger partial charge in [0.2, 0.25) is 0 Å². The van der Waals surface area contributed by atoms with Crippen LogP contribution in [0.2, 0.25) is 0 Å².